The number of amides is 1. The number of aliphatic hydroxyl groups excluding tert-OH is 1. The van der Waals surface area contributed by atoms with Crippen LogP contribution in [0.3, 0.4) is 0 Å². The first-order valence-electron chi connectivity index (χ1n) is 3.97. The van der Waals surface area contributed by atoms with Crippen molar-refractivity contribution in [1.82, 2.24) is 4.90 Å². The minimum absolute atomic E-state index is 0.294. The Morgan fingerprint density at radius 2 is 2.08 bits per heavy atom. The molecule has 0 aliphatic carbocycles. The van der Waals surface area contributed by atoms with E-state index < -0.39 is 12.1 Å². The lowest BCUT2D eigenvalue weighted by molar-refractivity contribution is -0.132. The Kier molecular flexibility index (Phi) is 3.02. The van der Waals surface area contributed by atoms with E-state index >= 15 is 0 Å². The second-order valence-electron chi connectivity index (χ2n) is 2.90. The molecule has 5 heteroatoms. The summed E-state index contributed by atoms with van der Waals surface area (Å²) in [5.74, 6) is -1.51. The van der Waals surface area contributed by atoms with E-state index in [1.165, 1.54) is 4.90 Å². The number of hydrogen-bond acceptors (Lipinski definition) is 3. The average Bonchev–Trinajstić information content (AvgIpc) is 2.47. The quantitative estimate of drug-likeness (QED) is 0.553. The van der Waals surface area contributed by atoms with Crippen LogP contribution in [-0.4, -0.2) is 46.2 Å². The molecule has 13 heavy (non-hydrogen) atoms. The summed E-state index contributed by atoms with van der Waals surface area (Å²) in [6.07, 6.45) is 1.89. The molecule has 72 valence electrons. The van der Waals surface area contributed by atoms with Gasteiger partial charge < -0.3 is 15.1 Å². The van der Waals surface area contributed by atoms with Gasteiger partial charge in [-0.3, -0.25) is 4.79 Å². The molecule has 0 aromatic carbocycles. The van der Waals surface area contributed by atoms with E-state index in [2.05, 4.69) is 0 Å². The third-order valence-corrected chi connectivity index (χ3v) is 1.84. The van der Waals surface area contributed by atoms with Gasteiger partial charge in [0.2, 0.25) is 5.91 Å². The van der Waals surface area contributed by atoms with Crippen LogP contribution < -0.4 is 0 Å². The fourth-order valence-electron chi connectivity index (χ4n) is 1.19. The molecule has 1 saturated heterocycles. The molecule has 0 aromatic heterocycles. The average molecular weight is 185 g/mol. The molecule has 1 aliphatic rings. The smallest absolute Gasteiger partial charge is 0.328 e. The molecular formula is C8H11NO4. The Morgan fingerprint density at radius 3 is 2.54 bits per heavy atom. The number of likely N-dealkylation sites (tertiary alicyclic amines) is 1. The topological polar surface area (TPSA) is 77.8 Å². The minimum Gasteiger partial charge on any atom is -0.478 e. The number of carboxylic acid groups (broad SMARTS) is 1. The first-order chi connectivity index (χ1) is 6.09. The molecule has 0 spiro atoms. The van der Waals surface area contributed by atoms with Crippen molar-refractivity contribution in [3.8, 4) is 0 Å². The maximum absolute atomic E-state index is 11.2. The monoisotopic (exact) mass is 185 g/mol. The van der Waals surface area contributed by atoms with Crippen LogP contribution in [0.25, 0.3) is 0 Å². The predicted octanol–water partition coefficient (Wildman–Crippen LogP) is -0.780. The zero-order valence-electron chi connectivity index (χ0n) is 7.01. The highest BCUT2D eigenvalue weighted by molar-refractivity contribution is 5.94. The first kappa shape index (κ1) is 9.73. The van der Waals surface area contributed by atoms with Crippen LogP contribution in [0.2, 0.25) is 0 Å². The number of aliphatic carboxylic acids is 1. The summed E-state index contributed by atoms with van der Waals surface area (Å²) >= 11 is 0. The normalized spacial score (nSPS) is 22.5. The predicted molar refractivity (Wildman–Crippen MR) is 44.0 cm³/mol. The van der Waals surface area contributed by atoms with Gasteiger partial charge in [0.25, 0.3) is 0 Å². The lowest BCUT2D eigenvalue weighted by Crippen LogP contribution is -2.27. The van der Waals surface area contributed by atoms with E-state index in [0.717, 1.165) is 12.2 Å². The van der Waals surface area contributed by atoms with Crippen molar-refractivity contribution < 1.29 is 19.8 Å². The Hall–Kier alpha value is -1.36. The largest absolute Gasteiger partial charge is 0.478 e. The lowest BCUT2D eigenvalue weighted by atomic mass is 10.3. The van der Waals surface area contributed by atoms with Crippen LogP contribution >= 0.6 is 0 Å². The van der Waals surface area contributed by atoms with Crippen LogP contribution in [0.1, 0.15) is 6.42 Å². The van der Waals surface area contributed by atoms with Gasteiger partial charge in [-0.25, -0.2) is 4.79 Å². The molecule has 1 heterocycles. The van der Waals surface area contributed by atoms with Crippen LogP contribution in [0.5, 0.6) is 0 Å². The summed E-state index contributed by atoms with van der Waals surface area (Å²) in [6, 6.07) is 0. The van der Waals surface area contributed by atoms with E-state index in [0.29, 0.717) is 19.5 Å². The Bertz CT molecular complexity index is 249. The molecule has 2 N–H and O–H groups in total. The van der Waals surface area contributed by atoms with Crippen molar-refractivity contribution in [2.24, 2.45) is 0 Å². The number of rotatable bonds is 2. The summed E-state index contributed by atoms with van der Waals surface area (Å²) in [5.41, 5.74) is 0. The minimum atomic E-state index is -1.15. The van der Waals surface area contributed by atoms with Crippen LogP contribution in [0.4, 0.5) is 0 Å². The number of nitrogens with zero attached hydrogens (tertiary/aromatic N) is 1. The van der Waals surface area contributed by atoms with Gasteiger partial charge in [-0.1, -0.05) is 0 Å². The fraction of sp³-hybridized carbons (Fsp3) is 0.500. The Labute approximate surface area is 75.3 Å². The van der Waals surface area contributed by atoms with E-state index in [1.807, 2.05) is 0 Å². The summed E-state index contributed by atoms with van der Waals surface area (Å²) in [5, 5.41) is 17.3. The van der Waals surface area contributed by atoms with Gasteiger partial charge in [0.15, 0.2) is 0 Å². The van der Waals surface area contributed by atoms with Crippen LogP contribution in [-0.2, 0) is 9.59 Å². The van der Waals surface area contributed by atoms with Gasteiger partial charge >= 0.3 is 5.97 Å². The molecule has 0 bridgehead atoms. The van der Waals surface area contributed by atoms with Gasteiger partial charge in [-0.2, -0.15) is 0 Å². The molecule has 1 fully saturated rings. The standard InChI is InChI=1S/C8H11NO4/c10-6-3-4-9(5-6)7(11)1-2-8(12)13/h1-2,6,10H,3-5H2,(H,12,13)/b2-1+/t6-/m0/s1. The maximum Gasteiger partial charge on any atom is 0.328 e. The maximum atomic E-state index is 11.2. The number of aliphatic hydroxyl groups is 1. The second kappa shape index (κ2) is 4.04. The molecule has 1 atom stereocenters. The van der Waals surface area contributed by atoms with Gasteiger partial charge in [-0.05, 0) is 6.42 Å². The third kappa shape index (κ3) is 2.87. The third-order valence-electron chi connectivity index (χ3n) is 1.84. The lowest BCUT2D eigenvalue weighted by Gasteiger charge is -2.11. The van der Waals surface area contributed by atoms with E-state index in [-0.39, 0.29) is 5.91 Å². The number of carbonyl (C=O) groups is 2. The summed E-state index contributed by atoms with van der Waals surface area (Å²) in [4.78, 5) is 22.7. The SMILES string of the molecule is O=C(O)/C=C/C(=O)N1CC[C@H](O)C1. The van der Waals surface area contributed by atoms with Crippen molar-refractivity contribution >= 4 is 11.9 Å². The van der Waals surface area contributed by atoms with Crippen molar-refractivity contribution in [3.63, 3.8) is 0 Å². The summed E-state index contributed by atoms with van der Waals surface area (Å²) in [6.45, 7) is 0.784. The first-order valence-corrected chi connectivity index (χ1v) is 3.97. The zero-order valence-corrected chi connectivity index (χ0v) is 7.01. The Morgan fingerprint density at radius 1 is 1.38 bits per heavy atom. The van der Waals surface area contributed by atoms with Crippen molar-refractivity contribution in [2.45, 2.75) is 12.5 Å². The molecule has 1 amide bonds. The molecule has 0 saturated carbocycles. The summed E-state index contributed by atoms with van der Waals surface area (Å²) < 4.78 is 0. The molecular weight excluding hydrogens is 174 g/mol. The fourth-order valence-corrected chi connectivity index (χ4v) is 1.19. The van der Waals surface area contributed by atoms with E-state index in [9.17, 15) is 9.59 Å². The van der Waals surface area contributed by atoms with Crippen LogP contribution in [0.15, 0.2) is 12.2 Å². The zero-order chi connectivity index (χ0) is 9.84. The number of carbonyl (C=O) groups excluding carboxylic acids is 1. The molecule has 0 unspecified atom stereocenters. The van der Waals surface area contributed by atoms with Gasteiger partial charge in [-0.15, -0.1) is 0 Å². The van der Waals surface area contributed by atoms with Crippen molar-refractivity contribution in [2.75, 3.05) is 13.1 Å². The van der Waals surface area contributed by atoms with Crippen molar-refractivity contribution in [1.29, 1.82) is 0 Å². The number of carboxylic acids is 1. The summed E-state index contributed by atoms with van der Waals surface area (Å²) in [7, 11) is 0. The molecule has 1 aliphatic heterocycles. The molecule has 1 rings (SSSR count). The number of β-amino-alcohol motifs (C(OH)–C–C–N with tert-alkyl or cyclic N) is 1. The second-order valence-corrected chi connectivity index (χ2v) is 2.90. The van der Waals surface area contributed by atoms with E-state index in [1.54, 1.807) is 0 Å². The molecule has 0 radical (unpaired) electrons. The number of hydrogen-bond donors (Lipinski definition) is 2. The van der Waals surface area contributed by atoms with Gasteiger partial charge in [0.1, 0.15) is 0 Å². The van der Waals surface area contributed by atoms with Gasteiger partial charge in [0, 0.05) is 25.2 Å². The molecule has 0 aromatic rings. The van der Waals surface area contributed by atoms with Gasteiger partial charge in [0.05, 0.1) is 6.10 Å². The Balaban J connectivity index is 2.44. The van der Waals surface area contributed by atoms with E-state index in [4.69, 9.17) is 10.2 Å². The van der Waals surface area contributed by atoms with Crippen LogP contribution in [0, 0.1) is 0 Å². The highest BCUT2D eigenvalue weighted by atomic mass is 16.4. The van der Waals surface area contributed by atoms with Crippen molar-refractivity contribution in [3.05, 3.63) is 12.2 Å². The molecule has 5 nitrogen and oxygen atoms in total. The highest BCUT2D eigenvalue weighted by Gasteiger charge is 2.22. The highest BCUT2D eigenvalue weighted by Crippen LogP contribution is 2.08.